The van der Waals surface area contributed by atoms with E-state index in [9.17, 15) is 14.4 Å². The fourth-order valence-corrected chi connectivity index (χ4v) is 1.66. The van der Waals surface area contributed by atoms with Crippen LogP contribution in [-0.4, -0.2) is 36.2 Å². The summed E-state index contributed by atoms with van der Waals surface area (Å²) in [5, 5.41) is 1.66. The van der Waals surface area contributed by atoms with Crippen LogP contribution in [0.2, 0.25) is 15.1 Å². The molecule has 1 N–H and O–H groups in total. The Balaban J connectivity index is 2.61. The molecule has 0 spiro atoms. The number of carbonyl (C=O) groups is 3. The molecule has 114 valence electrons. The van der Waals surface area contributed by atoms with Crippen LogP contribution < -0.4 is 5.32 Å². The van der Waals surface area contributed by atoms with E-state index in [0.29, 0.717) is 0 Å². The third-order valence-electron chi connectivity index (χ3n) is 1.96. The molecule has 0 saturated carbocycles. The lowest BCUT2D eigenvalue weighted by Gasteiger charge is -2.07. The normalized spacial score (nSPS) is 9.90. The summed E-state index contributed by atoms with van der Waals surface area (Å²) in [6.45, 7) is 0.958. The second kappa shape index (κ2) is 8.02. The molecular formula is C11H9Cl3N2O5. The molecule has 1 aromatic rings. The number of halogens is 3. The highest BCUT2D eigenvalue weighted by Gasteiger charge is 2.19. The number of alkyl carbamates (subject to hydrolysis) is 1. The lowest BCUT2D eigenvalue weighted by molar-refractivity contribution is -0.123. The summed E-state index contributed by atoms with van der Waals surface area (Å²) in [4.78, 5) is 37.6. The van der Waals surface area contributed by atoms with Crippen LogP contribution in [-0.2, 0) is 14.3 Å². The van der Waals surface area contributed by atoms with Crippen molar-refractivity contribution < 1.29 is 23.9 Å². The number of imide groups is 1. The first-order valence-corrected chi connectivity index (χ1v) is 6.63. The molecule has 2 amide bonds. The molecule has 0 radical (unpaired) electrons. The maximum Gasteiger partial charge on any atom is 0.413 e. The number of nitrogens with zero attached hydrogens (tertiary/aromatic N) is 1. The average molecular weight is 356 g/mol. The third-order valence-corrected chi connectivity index (χ3v) is 3.20. The Labute approximate surface area is 134 Å². The van der Waals surface area contributed by atoms with Crippen molar-refractivity contribution in [1.29, 1.82) is 0 Å². The molecule has 0 aliphatic rings. The Morgan fingerprint density at radius 3 is 2.48 bits per heavy atom. The standard InChI is InChI=1S/C11H9Cl3N2O5/c1-2-20-11(19)16-6(17)4-21-10(18)9-8(14)7(13)5(12)3-15-9/h3H,2,4H2,1H3,(H,16,17,19). The van der Waals surface area contributed by atoms with Crippen molar-refractivity contribution in [3.8, 4) is 0 Å². The van der Waals surface area contributed by atoms with Gasteiger partial charge in [-0.3, -0.25) is 10.1 Å². The van der Waals surface area contributed by atoms with E-state index in [-0.39, 0.29) is 27.4 Å². The number of amides is 2. The fraction of sp³-hybridized carbons (Fsp3) is 0.273. The minimum Gasteiger partial charge on any atom is -0.451 e. The van der Waals surface area contributed by atoms with E-state index in [0.717, 1.165) is 6.20 Å². The van der Waals surface area contributed by atoms with E-state index in [1.807, 2.05) is 5.32 Å². The summed E-state index contributed by atoms with van der Waals surface area (Å²) < 4.78 is 9.11. The van der Waals surface area contributed by atoms with Gasteiger partial charge in [0.2, 0.25) is 0 Å². The van der Waals surface area contributed by atoms with Crippen molar-refractivity contribution in [1.82, 2.24) is 10.3 Å². The molecular weight excluding hydrogens is 346 g/mol. The van der Waals surface area contributed by atoms with Gasteiger partial charge in [-0.1, -0.05) is 34.8 Å². The summed E-state index contributed by atoms with van der Waals surface area (Å²) in [5.74, 6) is -1.85. The van der Waals surface area contributed by atoms with E-state index in [2.05, 4.69) is 14.5 Å². The lowest BCUT2D eigenvalue weighted by Crippen LogP contribution is -2.34. The van der Waals surface area contributed by atoms with Crippen molar-refractivity contribution in [2.24, 2.45) is 0 Å². The molecule has 0 aliphatic carbocycles. The van der Waals surface area contributed by atoms with E-state index >= 15 is 0 Å². The molecule has 0 fully saturated rings. The first-order valence-electron chi connectivity index (χ1n) is 5.50. The minimum absolute atomic E-state index is 0.0590. The van der Waals surface area contributed by atoms with Crippen molar-refractivity contribution in [3.05, 3.63) is 27.0 Å². The minimum atomic E-state index is -0.988. The summed E-state index contributed by atoms with van der Waals surface area (Å²) in [5.41, 5.74) is -0.296. The molecule has 0 bridgehead atoms. The zero-order valence-corrected chi connectivity index (χ0v) is 12.9. The van der Waals surface area contributed by atoms with Gasteiger partial charge < -0.3 is 9.47 Å². The van der Waals surface area contributed by atoms with Crippen LogP contribution in [0.5, 0.6) is 0 Å². The molecule has 0 aliphatic heterocycles. The summed E-state index contributed by atoms with van der Waals surface area (Å²) in [6, 6.07) is 0. The Hall–Kier alpha value is -1.57. The quantitative estimate of drug-likeness (QED) is 0.834. The van der Waals surface area contributed by atoms with Gasteiger partial charge in [0.15, 0.2) is 12.3 Å². The highest BCUT2D eigenvalue weighted by Crippen LogP contribution is 2.31. The molecule has 0 aromatic carbocycles. The van der Waals surface area contributed by atoms with Crippen LogP contribution in [0, 0.1) is 0 Å². The highest BCUT2D eigenvalue weighted by molar-refractivity contribution is 6.48. The topological polar surface area (TPSA) is 94.6 Å². The van der Waals surface area contributed by atoms with Crippen LogP contribution in [0.25, 0.3) is 0 Å². The SMILES string of the molecule is CCOC(=O)NC(=O)COC(=O)c1ncc(Cl)c(Cl)c1Cl. The highest BCUT2D eigenvalue weighted by atomic mass is 35.5. The number of aromatic nitrogens is 1. The lowest BCUT2D eigenvalue weighted by atomic mass is 10.3. The third kappa shape index (κ3) is 5.04. The number of rotatable bonds is 4. The molecule has 0 atom stereocenters. The maximum absolute atomic E-state index is 11.7. The first kappa shape index (κ1) is 17.5. The fourth-order valence-electron chi connectivity index (χ4n) is 1.10. The number of esters is 1. The number of hydrogen-bond acceptors (Lipinski definition) is 6. The van der Waals surface area contributed by atoms with Gasteiger partial charge in [-0.15, -0.1) is 0 Å². The second-order valence-corrected chi connectivity index (χ2v) is 4.59. The maximum atomic E-state index is 11.7. The zero-order chi connectivity index (χ0) is 16.0. The molecule has 21 heavy (non-hydrogen) atoms. The predicted molar refractivity (Wildman–Crippen MR) is 74.7 cm³/mol. The molecule has 1 aromatic heterocycles. The van der Waals surface area contributed by atoms with Gasteiger partial charge in [0.1, 0.15) is 0 Å². The van der Waals surface area contributed by atoms with Crippen LogP contribution in [0.3, 0.4) is 0 Å². The number of hydrogen-bond donors (Lipinski definition) is 1. The first-order chi connectivity index (χ1) is 9.86. The Kier molecular flexibility index (Phi) is 6.67. The van der Waals surface area contributed by atoms with Crippen molar-refractivity contribution in [2.75, 3.05) is 13.2 Å². The molecule has 7 nitrogen and oxygen atoms in total. The van der Waals surface area contributed by atoms with Crippen LogP contribution in [0.15, 0.2) is 6.20 Å². The summed E-state index contributed by atoms with van der Waals surface area (Å²) in [7, 11) is 0. The van der Waals surface area contributed by atoms with Crippen molar-refractivity contribution in [2.45, 2.75) is 6.92 Å². The van der Waals surface area contributed by atoms with Gasteiger partial charge >= 0.3 is 12.1 Å². The predicted octanol–water partition coefficient (Wildman–Crippen LogP) is 2.47. The smallest absolute Gasteiger partial charge is 0.413 e. The Morgan fingerprint density at radius 1 is 1.19 bits per heavy atom. The zero-order valence-electron chi connectivity index (χ0n) is 10.6. The van der Waals surface area contributed by atoms with Crippen molar-refractivity contribution >= 4 is 52.8 Å². The monoisotopic (exact) mass is 354 g/mol. The molecule has 1 rings (SSSR count). The van der Waals surface area contributed by atoms with Crippen molar-refractivity contribution in [3.63, 3.8) is 0 Å². The molecule has 1 heterocycles. The van der Waals surface area contributed by atoms with Gasteiger partial charge in [-0.2, -0.15) is 0 Å². The van der Waals surface area contributed by atoms with Gasteiger partial charge in [0, 0.05) is 6.20 Å². The van der Waals surface area contributed by atoms with E-state index in [1.165, 1.54) is 0 Å². The Morgan fingerprint density at radius 2 is 1.86 bits per heavy atom. The van der Waals surface area contributed by atoms with Crippen LogP contribution in [0.1, 0.15) is 17.4 Å². The molecule has 0 saturated heterocycles. The average Bonchev–Trinajstić information content (AvgIpc) is 2.42. The second-order valence-electron chi connectivity index (χ2n) is 3.43. The van der Waals surface area contributed by atoms with Gasteiger partial charge in [-0.25, -0.2) is 14.6 Å². The largest absolute Gasteiger partial charge is 0.451 e. The molecule has 10 heteroatoms. The van der Waals surface area contributed by atoms with Crippen LogP contribution >= 0.6 is 34.8 Å². The molecule has 0 unspecified atom stereocenters. The number of nitrogens with one attached hydrogen (secondary N) is 1. The number of pyridine rings is 1. The number of carbonyl (C=O) groups excluding carboxylic acids is 3. The van der Waals surface area contributed by atoms with Gasteiger partial charge in [0.05, 0.1) is 21.7 Å². The van der Waals surface area contributed by atoms with Gasteiger partial charge in [0.25, 0.3) is 5.91 Å². The Bertz CT molecular complexity index is 579. The van der Waals surface area contributed by atoms with E-state index < -0.39 is 24.6 Å². The van der Waals surface area contributed by atoms with E-state index in [1.54, 1.807) is 6.92 Å². The van der Waals surface area contributed by atoms with Gasteiger partial charge in [-0.05, 0) is 6.92 Å². The summed E-state index contributed by atoms with van der Waals surface area (Å²) in [6.07, 6.45) is 0.176. The van der Waals surface area contributed by atoms with E-state index in [4.69, 9.17) is 34.8 Å². The van der Waals surface area contributed by atoms with Crippen LogP contribution in [0.4, 0.5) is 4.79 Å². The number of ether oxygens (including phenoxy) is 2. The summed E-state index contributed by atoms with van der Waals surface area (Å²) >= 11 is 17.2.